The molecule has 1 aliphatic rings. The zero-order chi connectivity index (χ0) is 14.1. The molecular weight excluding hydrogens is 234 g/mol. The molecule has 0 amide bonds. The average Bonchev–Trinajstić information content (AvgIpc) is 3.26. The first-order chi connectivity index (χ1) is 9.21. The summed E-state index contributed by atoms with van der Waals surface area (Å²) in [6.07, 6.45) is 8.36. The molecule has 1 fully saturated rings. The predicted octanol–water partition coefficient (Wildman–Crippen LogP) is 3.31. The summed E-state index contributed by atoms with van der Waals surface area (Å²) in [5.74, 6) is 0. The molecule has 19 heavy (non-hydrogen) atoms. The van der Waals surface area contributed by atoms with Crippen LogP contribution >= 0.6 is 0 Å². The summed E-state index contributed by atoms with van der Waals surface area (Å²) in [6, 6.07) is 3.35. The molecule has 0 aromatic heterocycles. The van der Waals surface area contributed by atoms with Gasteiger partial charge in [0.2, 0.25) is 0 Å². The molecule has 110 valence electrons. The SMILES string of the molecule is CCCCN(CCCC(C#N)(CC)NCC)C1CC1. The normalized spacial score (nSPS) is 18.3. The van der Waals surface area contributed by atoms with Gasteiger partial charge in [-0.25, -0.2) is 0 Å². The first kappa shape index (κ1) is 16.5. The number of hydrogen-bond acceptors (Lipinski definition) is 3. The molecule has 1 saturated carbocycles. The number of rotatable bonds is 11. The van der Waals surface area contributed by atoms with Crippen molar-refractivity contribution >= 4 is 0 Å². The Morgan fingerprint density at radius 2 is 1.89 bits per heavy atom. The molecule has 1 aliphatic carbocycles. The monoisotopic (exact) mass is 265 g/mol. The summed E-state index contributed by atoms with van der Waals surface area (Å²) >= 11 is 0. The Labute approximate surface area is 119 Å². The molecule has 0 saturated heterocycles. The van der Waals surface area contributed by atoms with E-state index in [9.17, 15) is 5.26 Å². The van der Waals surface area contributed by atoms with Gasteiger partial charge in [-0.15, -0.1) is 0 Å². The molecule has 1 atom stereocenters. The van der Waals surface area contributed by atoms with Crippen LogP contribution in [0.3, 0.4) is 0 Å². The molecule has 1 N–H and O–H groups in total. The highest BCUT2D eigenvalue weighted by molar-refractivity contribution is 5.06. The van der Waals surface area contributed by atoms with E-state index in [0.29, 0.717) is 0 Å². The number of hydrogen-bond donors (Lipinski definition) is 1. The van der Waals surface area contributed by atoms with E-state index in [0.717, 1.165) is 31.8 Å². The summed E-state index contributed by atoms with van der Waals surface area (Å²) in [6.45, 7) is 9.74. The van der Waals surface area contributed by atoms with Crippen LogP contribution < -0.4 is 5.32 Å². The van der Waals surface area contributed by atoms with Crippen LogP contribution in [0.5, 0.6) is 0 Å². The van der Waals surface area contributed by atoms with Crippen molar-refractivity contribution in [2.75, 3.05) is 19.6 Å². The number of nitriles is 1. The lowest BCUT2D eigenvalue weighted by molar-refractivity contribution is 0.241. The maximum atomic E-state index is 9.41. The lowest BCUT2D eigenvalue weighted by atomic mass is 9.92. The highest BCUT2D eigenvalue weighted by Crippen LogP contribution is 2.28. The fraction of sp³-hybridized carbons (Fsp3) is 0.938. The zero-order valence-corrected chi connectivity index (χ0v) is 13.0. The first-order valence-electron chi connectivity index (χ1n) is 8.11. The van der Waals surface area contributed by atoms with Crippen LogP contribution in [0.1, 0.15) is 65.7 Å². The lowest BCUT2D eigenvalue weighted by Crippen LogP contribution is -2.44. The Hall–Kier alpha value is -0.590. The second kappa shape index (κ2) is 8.55. The van der Waals surface area contributed by atoms with Crippen LogP contribution in [0, 0.1) is 11.3 Å². The van der Waals surface area contributed by atoms with Crippen molar-refractivity contribution in [3.05, 3.63) is 0 Å². The van der Waals surface area contributed by atoms with Crippen molar-refractivity contribution in [1.29, 1.82) is 5.26 Å². The van der Waals surface area contributed by atoms with Gasteiger partial charge in [-0.3, -0.25) is 5.32 Å². The molecule has 1 rings (SSSR count). The molecular formula is C16H31N3. The minimum Gasteiger partial charge on any atom is -0.300 e. The van der Waals surface area contributed by atoms with Crippen molar-refractivity contribution in [2.24, 2.45) is 0 Å². The van der Waals surface area contributed by atoms with Crippen molar-refractivity contribution in [3.63, 3.8) is 0 Å². The summed E-state index contributed by atoms with van der Waals surface area (Å²) in [5, 5.41) is 12.8. The number of nitrogens with zero attached hydrogens (tertiary/aromatic N) is 2. The second-order valence-electron chi connectivity index (χ2n) is 5.80. The Balaban J connectivity index is 2.34. The van der Waals surface area contributed by atoms with Crippen LogP contribution in [0.4, 0.5) is 0 Å². The van der Waals surface area contributed by atoms with E-state index >= 15 is 0 Å². The maximum Gasteiger partial charge on any atom is 0.106 e. The Morgan fingerprint density at radius 1 is 1.21 bits per heavy atom. The van der Waals surface area contributed by atoms with Gasteiger partial charge in [0, 0.05) is 6.04 Å². The van der Waals surface area contributed by atoms with E-state index in [4.69, 9.17) is 0 Å². The van der Waals surface area contributed by atoms with E-state index < -0.39 is 0 Å². The van der Waals surface area contributed by atoms with Crippen molar-refractivity contribution in [2.45, 2.75) is 77.3 Å². The zero-order valence-electron chi connectivity index (χ0n) is 13.0. The summed E-state index contributed by atoms with van der Waals surface area (Å²) in [7, 11) is 0. The Morgan fingerprint density at radius 3 is 2.37 bits per heavy atom. The fourth-order valence-electron chi connectivity index (χ4n) is 2.76. The van der Waals surface area contributed by atoms with Crippen molar-refractivity contribution < 1.29 is 0 Å². The van der Waals surface area contributed by atoms with Gasteiger partial charge in [0.15, 0.2) is 0 Å². The Bertz CT molecular complexity index is 280. The third-order valence-electron chi connectivity index (χ3n) is 4.24. The molecule has 0 radical (unpaired) electrons. The third kappa shape index (κ3) is 5.50. The molecule has 3 heteroatoms. The molecule has 0 spiro atoms. The average molecular weight is 265 g/mol. The van der Waals surface area contributed by atoms with Gasteiger partial charge < -0.3 is 4.90 Å². The van der Waals surface area contributed by atoms with Gasteiger partial charge in [-0.05, 0) is 58.2 Å². The van der Waals surface area contributed by atoms with Crippen LogP contribution in [0.25, 0.3) is 0 Å². The molecule has 1 unspecified atom stereocenters. The molecule has 0 aliphatic heterocycles. The summed E-state index contributed by atoms with van der Waals surface area (Å²) < 4.78 is 0. The van der Waals surface area contributed by atoms with Crippen LogP contribution in [-0.4, -0.2) is 36.1 Å². The fourth-order valence-corrected chi connectivity index (χ4v) is 2.76. The minimum atomic E-state index is -0.297. The van der Waals surface area contributed by atoms with E-state index in [2.05, 4.69) is 37.1 Å². The molecule has 0 aromatic carbocycles. The van der Waals surface area contributed by atoms with Crippen LogP contribution in [0.15, 0.2) is 0 Å². The number of unbranched alkanes of at least 4 members (excludes halogenated alkanes) is 1. The first-order valence-corrected chi connectivity index (χ1v) is 8.11. The van der Waals surface area contributed by atoms with Crippen molar-refractivity contribution in [1.82, 2.24) is 10.2 Å². The second-order valence-corrected chi connectivity index (χ2v) is 5.80. The van der Waals surface area contributed by atoms with E-state index in [1.54, 1.807) is 0 Å². The minimum absolute atomic E-state index is 0.297. The molecule has 0 aromatic rings. The third-order valence-corrected chi connectivity index (χ3v) is 4.24. The quantitative estimate of drug-likeness (QED) is 0.623. The van der Waals surface area contributed by atoms with E-state index in [-0.39, 0.29) is 5.54 Å². The molecule has 0 heterocycles. The van der Waals surface area contributed by atoms with Gasteiger partial charge in [-0.2, -0.15) is 5.26 Å². The topological polar surface area (TPSA) is 39.1 Å². The van der Waals surface area contributed by atoms with E-state index in [1.807, 2.05) is 0 Å². The largest absolute Gasteiger partial charge is 0.300 e. The summed E-state index contributed by atoms with van der Waals surface area (Å²) in [4.78, 5) is 2.65. The summed E-state index contributed by atoms with van der Waals surface area (Å²) in [5.41, 5.74) is -0.297. The lowest BCUT2D eigenvalue weighted by Gasteiger charge is -2.28. The number of nitrogens with one attached hydrogen (secondary N) is 1. The molecule has 3 nitrogen and oxygen atoms in total. The standard InChI is InChI=1S/C16H31N3/c1-4-7-12-19(15-9-10-15)13-8-11-16(5-2,14-17)18-6-3/h15,18H,4-13H2,1-3H3. The van der Waals surface area contributed by atoms with Crippen LogP contribution in [-0.2, 0) is 0 Å². The highest BCUT2D eigenvalue weighted by Gasteiger charge is 2.30. The van der Waals surface area contributed by atoms with Crippen LogP contribution in [0.2, 0.25) is 0 Å². The smallest absolute Gasteiger partial charge is 0.106 e. The predicted molar refractivity (Wildman–Crippen MR) is 81.0 cm³/mol. The van der Waals surface area contributed by atoms with Gasteiger partial charge >= 0.3 is 0 Å². The molecule has 0 bridgehead atoms. The highest BCUT2D eigenvalue weighted by atomic mass is 15.2. The van der Waals surface area contributed by atoms with Gasteiger partial charge in [0.05, 0.1) is 6.07 Å². The van der Waals surface area contributed by atoms with Gasteiger partial charge in [-0.1, -0.05) is 27.2 Å². The Kier molecular flexibility index (Phi) is 7.41. The maximum absolute atomic E-state index is 9.41. The van der Waals surface area contributed by atoms with Crippen molar-refractivity contribution in [3.8, 4) is 6.07 Å². The van der Waals surface area contributed by atoms with Gasteiger partial charge in [0.25, 0.3) is 0 Å². The van der Waals surface area contributed by atoms with Gasteiger partial charge in [0.1, 0.15) is 5.54 Å². The van der Waals surface area contributed by atoms with E-state index in [1.165, 1.54) is 38.8 Å².